The molecule has 1 fully saturated rings. The summed E-state index contributed by atoms with van der Waals surface area (Å²) in [6, 6.07) is 14.2. The van der Waals surface area contributed by atoms with Gasteiger partial charge in [0.25, 0.3) is 0 Å². The van der Waals surface area contributed by atoms with E-state index in [0.29, 0.717) is 18.8 Å². The number of hydrogen-bond donors (Lipinski definition) is 0. The summed E-state index contributed by atoms with van der Waals surface area (Å²) < 4.78 is 37.5. The van der Waals surface area contributed by atoms with Gasteiger partial charge in [0.2, 0.25) is 10.0 Å². The summed E-state index contributed by atoms with van der Waals surface area (Å²) in [5, 5.41) is 0. The molecule has 1 saturated heterocycles. The number of carbonyl (C=O) groups is 1. The quantitative estimate of drug-likeness (QED) is 0.694. The lowest BCUT2D eigenvalue weighted by Gasteiger charge is -2.32. The van der Waals surface area contributed by atoms with E-state index in [4.69, 9.17) is 9.47 Å². The van der Waals surface area contributed by atoms with Gasteiger partial charge < -0.3 is 9.47 Å². The van der Waals surface area contributed by atoms with E-state index in [9.17, 15) is 13.2 Å². The van der Waals surface area contributed by atoms with Crippen molar-refractivity contribution in [3.05, 3.63) is 59.7 Å². The molecular weight excluding hydrogens is 378 g/mol. The molecule has 28 heavy (non-hydrogen) atoms. The number of carbonyl (C=O) groups excluding carboxylic acids is 1. The second-order valence-electron chi connectivity index (χ2n) is 6.88. The van der Waals surface area contributed by atoms with Crippen molar-refractivity contribution >= 4 is 16.0 Å². The van der Waals surface area contributed by atoms with Gasteiger partial charge in [0.1, 0.15) is 5.75 Å². The van der Waals surface area contributed by atoms with E-state index in [2.05, 4.69) is 0 Å². The maximum Gasteiger partial charge on any atom is 0.309 e. The Morgan fingerprint density at radius 2 is 1.89 bits per heavy atom. The second-order valence-corrected chi connectivity index (χ2v) is 8.81. The molecule has 1 aliphatic rings. The highest BCUT2D eigenvalue weighted by Crippen LogP contribution is 2.31. The molecule has 1 atom stereocenters. The Morgan fingerprint density at radius 3 is 2.57 bits per heavy atom. The molecule has 2 aromatic rings. The number of sulfonamides is 1. The molecule has 0 radical (unpaired) electrons. The lowest BCUT2D eigenvalue weighted by Crippen LogP contribution is -2.39. The molecule has 6 nitrogen and oxygen atoms in total. The SMILES string of the molecule is COC(=O)Cc1cccc(C2CCCN(S(=O)(=O)c3ccc(OC)cc3)C2)c1. The highest BCUT2D eigenvalue weighted by molar-refractivity contribution is 7.89. The van der Waals surface area contributed by atoms with E-state index in [1.807, 2.05) is 24.3 Å². The monoisotopic (exact) mass is 403 g/mol. The zero-order chi connectivity index (χ0) is 20.1. The van der Waals surface area contributed by atoms with Gasteiger partial charge in [-0.3, -0.25) is 4.79 Å². The van der Waals surface area contributed by atoms with Gasteiger partial charge in [-0.25, -0.2) is 8.42 Å². The molecule has 0 aromatic heterocycles. The van der Waals surface area contributed by atoms with Crippen LogP contribution < -0.4 is 4.74 Å². The molecule has 0 bridgehead atoms. The highest BCUT2D eigenvalue weighted by atomic mass is 32.2. The maximum atomic E-state index is 13.0. The Labute approximate surface area is 166 Å². The van der Waals surface area contributed by atoms with Crippen molar-refractivity contribution in [2.75, 3.05) is 27.3 Å². The second kappa shape index (κ2) is 8.75. The molecule has 1 aliphatic heterocycles. The largest absolute Gasteiger partial charge is 0.497 e. The van der Waals surface area contributed by atoms with E-state index in [1.165, 1.54) is 7.11 Å². The number of benzene rings is 2. The molecule has 0 N–H and O–H groups in total. The van der Waals surface area contributed by atoms with Crippen LogP contribution in [0.3, 0.4) is 0 Å². The van der Waals surface area contributed by atoms with Gasteiger partial charge >= 0.3 is 5.97 Å². The molecular formula is C21H25NO5S. The smallest absolute Gasteiger partial charge is 0.309 e. The highest BCUT2D eigenvalue weighted by Gasteiger charge is 2.31. The minimum absolute atomic E-state index is 0.0966. The number of esters is 1. The molecule has 2 aromatic carbocycles. The number of piperidine rings is 1. The summed E-state index contributed by atoms with van der Waals surface area (Å²) >= 11 is 0. The summed E-state index contributed by atoms with van der Waals surface area (Å²) in [4.78, 5) is 11.8. The lowest BCUT2D eigenvalue weighted by molar-refractivity contribution is -0.139. The zero-order valence-corrected chi connectivity index (χ0v) is 16.9. The van der Waals surface area contributed by atoms with Crippen molar-refractivity contribution in [2.45, 2.75) is 30.1 Å². The van der Waals surface area contributed by atoms with E-state index in [1.54, 1.807) is 35.7 Å². The predicted octanol–water partition coefficient (Wildman–Crippen LogP) is 2.98. The molecule has 1 unspecified atom stereocenters. The molecule has 3 rings (SSSR count). The predicted molar refractivity (Wildman–Crippen MR) is 106 cm³/mol. The number of rotatable bonds is 6. The van der Waals surface area contributed by atoms with E-state index in [-0.39, 0.29) is 23.2 Å². The van der Waals surface area contributed by atoms with Crippen LogP contribution in [0, 0.1) is 0 Å². The van der Waals surface area contributed by atoms with Crippen molar-refractivity contribution < 1.29 is 22.7 Å². The van der Waals surface area contributed by atoms with Gasteiger partial charge in [-0.2, -0.15) is 4.31 Å². The van der Waals surface area contributed by atoms with Crippen molar-refractivity contribution in [1.82, 2.24) is 4.31 Å². The van der Waals surface area contributed by atoms with Crippen LogP contribution in [0.15, 0.2) is 53.4 Å². The number of hydrogen-bond acceptors (Lipinski definition) is 5. The topological polar surface area (TPSA) is 72.9 Å². The van der Waals surface area contributed by atoms with Crippen LogP contribution in [-0.2, 0) is 26.0 Å². The molecule has 150 valence electrons. The van der Waals surface area contributed by atoms with Crippen LogP contribution in [0.4, 0.5) is 0 Å². The van der Waals surface area contributed by atoms with Gasteiger partial charge in [0, 0.05) is 13.1 Å². The first-order valence-corrected chi connectivity index (χ1v) is 10.7. The van der Waals surface area contributed by atoms with Crippen LogP contribution in [0.5, 0.6) is 5.75 Å². The van der Waals surface area contributed by atoms with Crippen LogP contribution in [0.25, 0.3) is 0 Å². The van der Waals surface area contributed by atoms with Crippen molar-refractivity contribution in [2.24, 2.45) is 0 Å². The summed E-state index contributed by atoms with van der Waals surface area (Å²) in [5.41, 5.74) is 1.93. The fourth-order valence-electron chi connectivity index (χ4n) is 3.53. The van der Waals surface area contributed by atoms with Gasteiger partial charge in [0.15, 0.2) is 0 Å². The minimum Gasteiger partial charge on any atom is -0.497 e. The Kier molecular flexibility index (Phi) is 6.36. The van der Waals surface area contributed by atoms with E-state index >= 15 is 0 Å². The molecule has 0 amide bonds. The van der Waals surface area contributed by atoms with Gasteiger partial charge in [-0.1, -0.05) is 24.3 Å². The van der Waals surface area contributed by atoms with Gasteiger partial charge in [-0.05, 0) is 54.2 Å². The first-order valence-electron chi connectivity index (χ1n) is 9.24. The van der Waals surface area contributed by atoms with E-state index in [0.717, 1.165) is 24.0 Å². The summed E-state index contributed by atoms with van der Waals surface area (Å²) in [5.74, 6) is 0.432. The fourth-order valence-corrected chi connectivity index (χ4v) is 5.05. The third-order valence-corrected chi connectivity index (χ3v) is 6.96. The zero-order valence-electron chi connectivity index (χ0n) is 16.1. The van der Waals surface area contributed by atoms with Crippen molar-refractivity contribution in [1.29, 1.82) is 0 Å². The summed E-state index contributed by atoms with van der Waals surface area (Å²) in [6.07, 6.45) is 1.92. The molecule has 1 heterocycles. The summed E-state index contributed by atoms with van der Waals surface area (Å²) in [6.45, 7) is 0.933. The standard InChI is InChI=1S/C21H25NO5S/c1-26-19-8-10-20(11-9-19)28(24,25)22-12-4-7-18(15-22)17-6-3-5-16(13-17)14-21(23)27-2/h3,5-6,8-11,13,18H,4,7,12,14-15H2,1-2H3. The molecule has 0 spiro atoms. The fraction of sp³-hybridized carbons (Fsp3) is 0.381. The van der Waals surface area contributed by atoms with Crippen molar-refractivity contribution in [3.8, 4) is 5.75 Å². The third-order valence-electron chi connectivity index (χ3n) is 5.08. The first kappa shape index (κ1) is 20.4. The third kappa shape index (κ3) is 4.54. The van der Waals surface area contributed by atoms with Crippen molar-refractivity contribution in [3.63, 3.8) is 0 Å². The maximum absolute atomic E-state index is 13.0. The minimum atomic E-state index is -3.56. The Balaban J connectivity index is 1.78. The lowest BCUT2D eigenvalue weighted by atomic mass is 9.90. The van der Waals surface area contributed by atoms with Crippen LogP contribution in [-0.4, -0.2) is 46.0 Å². The number of ether oxygens (including phenoxy) is 2. The molecule has 0 aliphatic carbocycles. The molecule has 0 saturated carbocycles. The van der Waals surface area contributed by atoms with Crippen LogP contribution >= 0.6 is 0 Å². The Hall–Kier alpha value is -2.38. The summed E-state index contributed by atoms with van der Waals surface area (Å²) in [7, 11) is -0.638. The van der Waals surface area contributed by atoms with E-state index < -0.39 is 10.0 Å². The van der Waals surface area contributed by atoms with Crippen LogP contribution in [0.1, 0.15) is 29.9 Å². The first-order chi connectivity index (χ1) is 13.4. The van der Waals surface area contributed by atoms with Gasteiger partial charge in [0.05, 0.1) is 25.5 Å². The Bertz CT molecular complexity index is 924. The molecule has 7 heteroatoms. The number of nitrogens with zero attached hydrogens (tertiary/aromatic N) is 1. The van der Waals surface area contributed by atoms with Gasteiger partial charge in [-0.15, -0.1) is 0 Å². The average molecular weight is 404 g/mol. The van der Waals surface area contributed by atoms with Crippen LogP contribution in [0.2, 0.25) is 0 Å². The normalized spacial score (nSPS) is 17.9. The number of methoxy groups -OCH3 is 2. The Morgan fingerprint density at radius 1 is 1.14 bits per heavy atom. The average Bonchev–Trinajstić information content (AvgIpc) is 2.74.